The number of aryl methyl sites for hydroxylation is 2. The molecule has 8 atom stereocenters. The first kappa shape index (κ1) is 35.2. The first-order chi connectivity index (χ1) is 21.3. The number of hydrogen-bond donors (Lipinski definition) is 0. The van der Waals surface area contributed by atoms with Crippen LogP contribution in [0.1, 0.15) is 83.3 Å². The van der Waals surface area contributed by atoms with Gasteiger partial charge in [-0.15, -0.1) is 0 Å². The van der Waals surface area contributed by atoms with Crippen LogP contribution in [0.5, 0.6) is 0 Å². The Hall–Kier alpha value is -2.11. The molecule has 0 N–H and O–H groups in total. The first-order valence-electron chi connectivity index (χ1n) is 16.8. The van der Waals surface area contributed by atoms with Crippen LogP contribution in [0.2, 0.25) is 0 Å². The van der Waals surface area contributed by atoms with Crippen molar-refractivity contribution in [1.29, 1.82) is 0 Å². The van der Waals surface area contributed by atoms with E-state index in [0.29, 0.717) is 35.0 Å². The highest BCUT2D eigenvalue weighted by molar-refractivity contribution is 7.89. The van der Waals surface area contributed by atoms with Crippen LogP contribution >= 0.6 is 0 Å². The molecule has 2 aromatic rings. The second-order valence-electron chi connectivity index (χ2n) is 15.1. The second-order valence-corrected chi connectivity index (χ2v) is 17.1. The van der Waals surface area contributed by atoms with E-state index >= 15 is 0 Å². The third-order valence-electron chi connectivity index (χ3n) is 12.9. The molecule has 1 aromatic heterocycles. The quantitative estimate of drug-likeness (QED) is 0.135. The summed E-state index contributed by atoms with van der Waals surface area (Å²) >= 11 is 0. The number of halogens is 1. The van der Waals surface area contributed by atoms with Gasteiger partial charge in [-0.05, 0) is 110 Å². The lowest BCUT2D eigenvalue weighted by Crippen LogP contribution is -3.00. The monoisotopic (exact) mass is 759 g/mol. The zero-order valence-electron chi connectivity index (χ0n) is 28.2. The highest BCUT2D eigenvalue weighted by Gasteiger charge is 2.58. The van der Waals surface area contributed by atoms with Gasteiger partial charge in [0, 0.05) is 30.8 Å². The lowest BCUT2D eigenvalue weighted by Gasteiger charge is -2.58. The van der Waals surface area contributed by atoms with Crippen molar-refractivity contribution in [3.8, 4) is 0 Å². The Morgan fingerprint density at radius 1 is 1.07 bits per heavy atom. The average molecular weight is 760 g/mol. The number of hydrogen-bond acceptors (Lipinski definition) is 4. The maximum Gasteiger partial charge on any atom is 0.289 e. The molecule has 7 nitrogen and oxygen atoms in total. The Kier molecular flexibility index (Phi) is 10.0. The standard InChI is InChI=1S/C37H50N3O4S.HI/c1-25(11-12-27-19-22-38(5)24-26(27)2)31-15-16-32-30-14-13-28-23-29(17-20-36(28,3)33(30)18-21-37(31,32)4)39(6)45(43,44)35-10-8-7-9-34(35)40(41)42;/h7-12,14,19,22,24-25,28-29,31-33H,13,15-18,20-21,23H2,1-6H3;1H/q+1;/p-1/b12-11+;/t25-,28+,29-,31-,32+,33+,36+,37-;/m1./s1. The van der Waals surface area contributed by atoms with E-state index in [9.17, 15) is 18.5 Å². The molecule has 0 saturated heterocycles. The van der Waals surface area contributed by atoms with Gasteiger partial charge in [0.2, 0.25) is 10.0 Å². The molecule has 9 heteroatoms. The molecule has 46 heavy (non-hydrogen) atoms. The molecule has 1 aromatic carbocycles. The fourth-order valence-corrected chi connectivity index (χ4v) is 11.8. The number of allylic oxidation sites excluding steroid dienone is 3. The van der Waals surface area contributed by atoms with E-state index in [2.05, 4.69) is 76.0 Å². The molecule has 0 radical (unpaired) electrons. The number of pyridine rings is 1. The molecule has 4 aliphatic carbocycles. The summed E-state index contributed by atoms with van der Waals surface area (Å²) in [6.45, 7) is 9.65. The highest BCUT2D eigenvalue weighted by atomic mass is 127. The van der Waals surface area contributed by atoms with E-state index in [-0.39, 0.29) is 46.0 Å². The summed E-state index contributed by atoms with van der Waals surface area (Å²) in [6.07, 6.45) is 20.2. The van der Waals surface area contributed by atoms with E-state index in [0.717, 1.165) is 25.7 Å². The number of sulfonamides is 1. The number of benzene rings is 1. The van der Waals surface area contributed by atoms with Crippen LogP contribution in [0.4, 0.5) is 5.69 Å². The topological polar surface area (TPSA) is 84.4 Å². The van der Waals surface area contributed by atoms with E-state index in [1.54, 1.807) is 18.7 Å². The van der Waals surface area contributed by atoms with E-state index in [4.69, 9.17) is 0 Å². The summed E-state index contributed by atoms with van der Waals surface area (Å²) in [4.78, 5) is 10.8. The molecule has 0 bridgehead atoms. The van der Waals surface area contributed by atoms with Crippen LogP contribution in [-0.2, 0) is 17.1 Å². The predicted octanol–water partition coefficient (Wildman–Crippen LogP) is 4.65. The number of rotatable bonds is 7. The number of aromatic nitrogens is 1. The maximum absolute atomic E-state index is 13.6. The van der Waals surface area contributed by atoms with Gasteiger partial charge in [0.15, 0.2) is 17.3 Å². The Labute approximate surface area is 292 Å². The number of nitro groups is 1. The molecule has 0 aliphatic heterocycles. The lowest BCUT2D eigenvalue weighted by molar-refractivity contribution is -0.671. The zero-order chi connectivity index (χ0) is 32.3. The highest BCUT2D eigenvalue weighted by Crippen LogP contribution is 2.67. The summed E-state index contributed by atoms with van der Waals surface area (Å²) in [5.74, 6) is 2.79. The van der Waals surface area contributed by atoms with Crippen molar-refractivity contribution in [2.45, 2.75) is 90.0 Å². The van der Waals surface area contributed by atoms with E-state index in [1.165, 1.54) is 59.3 Å². The Bertz CT molecular complexity index is 1660. The van der Waals surface area contributed by atoms with E-state index < -0.39 is 14.9 Å². The van der Waals surface area contributed by atoms with Crippen LogP contribution < -0.4 is 28.5 Å². The Morgan fingerprint density at radius 2 is 1.76 bits per heavy atom. The summed E-state index contributed by atoms with van der Waals surface area (Å²) < 4.78 is 30.8. The summed E-state index contributed by atoms with van der Waals surface area (Å²) in [6, 6.07) is 7.76. The normalized spacial score (nSPS) is 33.0. The van der Waals surface area contributed by atoms with Crippen molar-refractivity contribution < 1.29 is 41.9 Å². The summed E-state index contributed by atoms with van der Waals surface area (Å²) in [7, 11) is -0.306. The first-order valence-corrected chi connectivity index (χ1v) is 18.3. The Morgan fingerprint density at radius 3 is 2.48 bits per heavy atom. The van der Waals surface area contributed by atoms with Crippen molar-refractivity contribution >= 4 is 21.8 Å². The van der Waals surface area contributed by atoms with Crippen molar-refractivity contribution in [3.05, 3.63) is 81.7 Å². The lowest BCUT2D eigenvalue weighted by atomic mass is 9.47. The van der Waals surface area contributed by atoms with Gasteiger partial charge >= 0.3 is 0 Å². The summed E-state index contributed by atoms with van der Waals surface area (Å²) in [5.41, 5.74) is 4.42. The SMILES string of the molecule is Cc1c[n+](C)ccc1/C=C/[C@@H](C)[C@H]1CC[C@H]2C3=CC[C@H]4C[C@H](N(C)S(=O)(=O)c5ccccc5[N+](=O)[O-])CC[C@]4(C)[C@H]3CC[C@]12C.[I-]. The van der Waals surface area contributed by atoms with Gasteiger partial charge < -0.3 is 24.0 Å². The smallest absolute Gasteiger partial charge is 0.289 e. The maximum atomic E-state index is 13.6. The minimum Gasteiger partial charge on any atom is -1.00 e. The number of fused-ring (bicyclic) bond motifs is 5. The molecule has 250 valence electrons. The molecular formula is C37H50IN3O4S. The molecule has 0 spiro atoms. The fraction of sp³-hybridized carbons (Fsp3) is 0.595. The van der Waals surface area contributed by atoms with Crippen molar-refractivity contribution in [1.82, 2.24) is 4.31 Å². The molecule has 1 heterocycles. The molecule has 3 saturated carbocycles. The van der Waals surface area contributed by atoms with Gasteiger partial charge in [0.25, 0.3) is 5.69 Å². The van der Waals surface area contributed by atoms with Gasteiger partial charge in [0.05, 0.1) is 4.92 Å². The second kappa shape index (κ2) is 13.1. The van der Waals surface area contributed by atoms with Gasteiger partial charge in [0.1, 0.15) is 7.05 Å². The number of nitrogens with zero attached hydrogens (tertiary/aromatic N) is 3. The number of nitro benzene ring substituents is 1. The number of para-hydroxylation sites is 1. The van der Waals surface area contributed by atoms with Crippen LogP contribution in [0.3, 0.4) is 0 Å². The van der Waals surface area contributed by atoms with Crippen molar-refractivity contribution in [2.75, 3.05) is 7.05 Å². The minimum absolute atomic E-state index is 0. The van der Waals surface area contributed by atoms with E-state index in [1.807, 2.05) is 0 Å². The van der Waals surface area contributed by atoms with Gasteiger partial charge in [-0.3, -0.25) is 10.1 Å². The van der Waals surface area contributed by atoms with Gasteiger partial charge in [-0.2, -0.15) is 4.31 Å². The van der Waals surface area contributed by atoms with Gasteiger partial charge in [-0.1, -0.05) is 56.7 Å². The van der Waals surface area contributed by atoms with Crippen molar-refractivity contribution in [3.63, 3.8) is 0 Å². The molecule has 0 amide bonds. The Balaban J connectivity index is 0.00000417. The van der Waals surface area contributed by atoms with Crippen molar-refractivity contribution in [2.24, 2.45) is 47.5 Å². The molecular weight excluding hydrogens is 709 g/mol. The fourth-order valence-electron chi connectivity index (χ4n) is 10.2. The average Bonchev–Trinajstić information content (AvgIpc) is 3.37. The molecule has 4 aliphatic rings. The third-order valence-corrected chi connectivity index (χ3v) is 14.9. The largest absolute Gasteiger partial charge is 1.00 e. The molecule has 3 fully saturated rings. The predicted molar refractivity (Wildman–Crippen MR) is 178 cm³/mol. The van der Waals surface area contributed by atoms with Crippen LogP contribution in [0, 0.1) is 57.5 Å². The molecule has 6 rings (SSSR count). The summed E-state index contributed by atoms with van der Waals surface area (Å²) in [5, 5.41) is 11.6. The van der Waals surface area contributed by atoms with Gasteiger partial charge in [-0.25, -0.2) is 13.0 Å². The third kappa shape index (κ3) is 5.91. The van der Waals surface area contributed by atoms with Crippen LogP contribution in [0.25, 0.3) is 6.08 Å². The van der Waals surface area contributed by atoms with Crippen LogP contribution in [-0.4, -0.2) is 30.7 Å². The van der Waals surface area contributed by atoms with Crippen LogP contribution in [0.15, 0.2) is 65.3 Å². The minimum atomic E-state index is -3.99. The zero-order valence-corrected chi connectivity index (χ0v) is 31.1. The molecule has 0 unspecified atom stereocenters.